The first-order valence-corrected chi connectivity index (χ1v) is 8.29. The Balaban J connectivity index is 1.49. The molecular formula is C15H20N4OS. The first-order chi connectivity index (χ1) is 10.3. The molecule has 1 aliphatic heterocycles. The van der Waals surface area contributed by atoms with Gasteiger partial charge in [0.1, 0.15) is 0 Å². The second-order valence-electron chi connectivity index (χ2n) is 5.40. The highest BCUT2D eigenvalue weighted by Gasteiger charge is 2.15. The van der Waals surface area contributed by atoms with Crippen molar-refractivity contribution in [1.82, 2.24) is 20.8 Å². The van der Waals surface area contributed by atoms with E-state index in [0.29, 0.717) is 18.2 Å². The Labute approximate surface area is 128 Å². The summed E-state index contributed by atoms with van der Waals surface area (Å²) < 4.78 is 0. The van der Waals surface area contributed by atoms with Crippen LogP contribution in [0.3, 0.4) is 0 Å². The standard InChI is InChI=1S/C15H20N4OS/c20-15(17-7-5-11-3-1-6-16-10-11)13-9-12(18-19-13)14-4-2-8-21-14/h2,4,8-9,11,16H,1,3,5-7,10H2,(H,17,20)(H,18,19). The topological polar surface area (TPSA) is 69.8 Å². The van der Waals surface area contributed by atoms with Gasteiger partial charge < -0.3 is 10.6 Å². The fourth-order valence-corrected chi connectivity index (χ4v) is 3.34. The van der Waals surface area contributed by atoms with Crippen LogP contribution in [0.1, 0.15) is 29.8 Å². The van der Waals surface area contributed by atoms with Crippen molar-refractivity contribution >= 4 is 17.2 Å². The molecule has 5 nitrogen and oxygen atoms in total. The summed E-state index contributed by atoms with van der Waals surface area (Å²) in [5.74, 6) is 0.581. The normalized spacial score (nSPS) is 18.6. The molecule has 1 saturated heterocycles. The lowest BCUT2D eigenvalue weighted by molar-refractivity contribution is 0.0945. The van der Waals surface area contributed by atoms with Gasteiger partial charge in [-0.3, -0.25) is 9.89 Å². The first-order valence-electron chi connectivity index (χ1n) is 7.41. The zero-order chi connectivity index (χ0) is 14.5. The molecule has 3 rings (SSSR count). The number of amides is 1. The van der Waals surface area contributed by atoms with E-state index in [1.807, 2.05) is 23.6 Å². The number of carbonyl (C=O) groups excluding carboxylic acids is 1. The van der Waals surface area contributed by atoms with Gasteiger partial charge in [0.15, 0.2) is 5.69 Å². The zero-order valence-electron chi connectivity index (χ0n) is 11.9. The summed E-state index contributed by atoms with van der Waals surface area (Å²) in [5.41, 5.74) is 1.35. The molecule has 0 aromatic carbocycles. The number of hydrogen-bond acceptors (Lipinski definition) is 4. The molecule has 0 saturated carbocycles. The lowest BCUT2D eigenvalue weighted by atomic mass is 9.96. The summed E-state index contributed by atoms with van der Waals surface area (Å²) in [6, 6.07) is 5.80. The van der Waals surface area contributed by atoms with Crippen LogP contribution in [0.2, 0.25) is 0 Å². The molecule has 6 heteroatoms. The van der Waals surface area contributed by atoms with Crippen LogP contribution < -0.4 is 10.6 Å². The summed E-state index contributed by atoms with van der Waals surface area (Å²) >= 11 is 1.63. The highest BCUT2D eigenvalue weighted by atomic mass is 32.1. The number of piperidine rings is 1. The molecule has 2 aromatic rings. The minimum absolute atomic E-state index is 0.0992. The van der Waals surface area contributed by atoms with E-state index in [9.17, 15) is 4.79 Å². The van der Waals surface area contributed by atoms with Gasteiger partial charge in [-0.25, -0.2) is 0 Å². The van der Waals surface area contributed by atoms with E-state index in [1.54, 1.807) is 11.3 Å². The van der Waals surface area contributed by atoms with Crippen molar-refractivity contribution in [2.24, 2.45) is 5.92 Å². The highest BCUT2D eigenvalue weighted by Crippen LogP contribution is 2.22. The average Bonchev–Trinajstić information content (AvgIpc) is 3.19. The largest absolute Gasteiger partial charge is 0.351 e. The second kappa shape index (κ2) is 6.87. The Morgan fingerprint density at radius 3 is 3.24 bits per heavy atom. The summed E-state index contributed by atoms with van der Waals surface area (Å²) in [6.45, 7) is 2.91. The Morgan fingerprint density at radius 1 is 1.52 bits per heavy atom. The predicted octanol–water partition coefficient (Wildman–Crippen LogP) is 2.26. The molecular weight excluding hydrogens is 284 g/mol. The van der Waals surface area contributed by atoms with Crippen molar-refractivity contribution in [2.75, 3.05) is 19.6 Å². The van der Waals surface area contributed by atoms with Crippen LogP contribution in [0, 0.1) is 5.92 Å². The van der Waals surface area contributed by atoms with Crippen molar-refractivity contribution in [1.29, 1.82) is 0 Å². The quantitative estimate of drug-likeness (QED) is 0.793. The molecule has 1 unspecified atom stereocenters. The van der Waals surface area contributed by atoms with Crippen molar-refractivity contribution in [3.63, 3.8) is 0 Å². The van der Waals surface area contributed by atoms with E-state index < -0.39 is 0 Å². The van der Waals surface area contributed by atoms with Crippen LogP contribution in [0.15, 0.2) is 23.6 Å². The number of thiophene rings is 1. The number of carbonyl (C=O) groups is 1. The van der Waals surface area contributed by atoms with Gasteiger partial charge in [-0.1, -0.05) is 6.07 Å². The molecule has 21 heavy (non-hydrogen) atoms. The van der Waals surface area contributed by atoms with Crippen molar-refractivity contribution in [3.8, 4) is 10.6 Å². The van der Waals surface area contributed by atoms with Crippen LogP contribution in [-0.2, 0) is 0 Å². The maximum atomic E-state index is 12.1. The van der Waals surface area contributed by atoms with Crippen molar-refractivity contribution in [3.05, 3.63) is 29.3 Å². The molecule has 0 aliphatic carbocycles. The summed E-state index contributed by atoms with van der Waals surface area (Å²) in [6.07, 6.45) is 3.52. The maximum Gasteiger partial charge on any atom is 0.271 e. The summed E-state index contributed by atoms with van der Waals surface area (Å²) in [4.78, 5) is 13.2. The molecule has 3 N–H and O–H groups in total. The third kappa shape index (κ3) is 3.71. The molecule has 0 radical (unpaired) electrons. The zero-order valence-corrected chi connectivity index (χ0v) is 12.7. The van der Waals surface area contributed by atoms with E-state index in [4.69, 9.17) is 0 Å². The van der Waals surface area contributed by atoms with Gasteiger partial charge in [-0.2, -0.15) is 5.10 Å². The number of hydrogen-bond donors (Lipinski definition) is 3. The average molecular weight is 304 g/mol. The fourth-order valence-electron chi connectivity index (χ4n) is 2.65. The Morgan fingerprint density at radius 2 is 2.48 bits per heavy atom. The molecule has 1 aliphatic rings. The summed E-state index contributed by atoms with van der Waals surface area (Å²) in [7, 11) is 0. The SMILES string of the molecule is O=C(NCCC1CCCNC1)c1cc(-c2cccs2)[nH]n1. The van der Waals surface area contributed by atoms with E-state index >= 15 is 0 Å². The second-order valence-corrected chi connectivity index (χ2v) is 6.35. The fraction of sp³-hybridized carbons (Fsp3) is 0.467. The maximum absolute atomic E-state index is 12.1. The number of nitrogens with one attached hydrogen (secondary N) is 3. The number of aromatic nitrogens is 2. The van der Waals surface area contributed by atoms with E-state index in [0.717, 1.165) is 30.1 Å². The van der Waals surface area contributed by atoms with Gasteiger partial charge >= 0.3 is 0 Å². The molecule has 3 heterocycles. The third-order valence-electron chi connectivity index (χ3n) is 3.83. The molecule has 2 aromatic heterocycles. The van der Waals surface area contributed by atoms with E-state index in [-0.39, 0.29) is 5.91 Å². The van der Waals surface area contributed by atoms with Gasteiger partial charge in [0.05, 0.1) is 10.6 Å². The van der Waals surface area contributed by atoms with E-state index in [1.165, 1.54) is 12.8 Å². The predicted molar refractivity (Wildman–Crippen MR) is 84.4 cm³/mol. The number of rotatable bonds is 5. The first kappa shape index (κ1) is 14.3. The lowest BCUT2D eigenvalue weighted by Crippen LogP contribution is -2.33. The van der Waals surface area contributed by atoms with Crippen LogP contribution in [0.25, 0.3) is 10.6 Å². The Kier molecular flexibility index (Phi) is 4.67. The molecule has 112 valence electrons. The molecule has 1 amide bonds. The van der Waals surface area contributed by atoms with Crippen LogP contribution in [0.4, 0.5) is 0 Å². The smallest absolute Gasteiger partial charge is 0.271 e. The third-order valence-corrected chi connectivity index (χ3v) is 4.74. The molecule has 1 fully saturated rings. The van der Waals surface area contributed by atoms with Gasteiger partial charge in [-0.15, -0.1) is 11.3 Å². The van der Waals surface area contributed by atoms with Gasteiger partial charge in [0.25, 0.3) is 5.91 Å². The molecule has 1 atom stereocenters. The van der Waals surface area contributed by atoms with Gasteiger partial charge in [0, 0.05) is 6.54 Å². The minimum Gasteiger partial charge on any atom is -0.351 e. The van der Waals surface area contributed by atoms with Crippen LogP contribution in [-0.4, -0.2) is 35.7 Å². The Bertz CT molecular complexity index is 572. The lowest BCUT2D eigenvalue weighted by Gasteiger charge is -2.22. The summed E-state index contributed by atoms with van der Waals surface area (Å²) in [5, 5.41) is 15.4. The minimum atomic E-state index is -0.0992. The van der Waals surface area contributed by atoms with Gasteiger partial charge in [0.2, 0.25) is 0 Å². The number of aromatic amines is 1. The van der Waals surface area contributed by atoms with E-state index in [2.05, 4.69) is 20.8 Å². The highest BCUT2D eigenvalue weighted by molar-refractivity contribution is 7.13. The van der Waals surface area contributed by atoms with Crippen molar-refractivity contribution in [2.45, 2.75) is 19.3 Å². The number of nitrogens with zero attached hydrogens (tertiary/aromatic N) is 1. The molecule has 0 bridgehead atoms. The number of H-pyrrole nitrogens is 1. The Hall–Kier alpha value is -1.66. The van der Waals surface area contributed by atoms with Crippen LogP contribution >= 0.6 is 11.3 Å². The van der Waals surface area contributed by atoms with Gasteiger partial charge in [-0.05, 0) is 55.8 Å². The molecule has 0 spiro atoms. The van der Waals surface area contributed by atoms with Crippen LogP contribution in [0.5, 0.6) is 0 Å². The van der Waals surface area contributed by atoms with Crippen molar-refractivity contribution < 1.29 is 4.79 Å². The monoisotopic (exact) mass is 304 g/mol.